The number of hydrogen-bond acceptors (Lipinski definition) is 4. The van der Waals surface area contributed by atoms with Crippen molar-refractivity contribution in [1.29, 1.82) is 0 Å². The van der Waals surface area contributed by atoms with Gasteiger partial charge in [-0.2, -0.15) is 0 Å². The highest BCUT2D eigenvalue weighted by atomic mass is 31.2. The molecule has 1 aromatic carbocycles. The first-order valence-corrected chi connectivity index (χ1v) is 7.92. The van der Waals surface area contributed by atoms with Crippen molar-refractivity contribution in [2.75, 3.05) is 6.61 Å². The molecule has 0 amide bonds. The Labute approximate surface area is 112 Å². The lowest BCUT2D eigenvalue weighted by Crippen LogP contribution is -2.08. The first-order chi connectivity index (χ1) is 9.08. The van der Waals surface area contributed by atoms with Crippen molar-refractivity contribution in [3.63, 3.8) is 0 Å². The third kappa shape index (κ3) is 2.86. The molecule has 5 heteroatoms. The summed E-state index contributed by atoms with van der Waals surface area (Å²) in [4.78, 5) is 12.4. The average molecular weight is 280 g/mol. The second-order valence-corrected chi connectivity index (χ2v) is 6.77. The molecule has 4 nitrogen and oxygen atoms in total. The molecule has 0 radical (unpaired) electrons. The number of hydrogen-bond donors (Lipinski definition) is 1. The molecule has 0 fully saturated rings. The third-order valence-electron chi connectivity index (χ3n) is 3.05. The molecule has 102 valence electrons. The van der Waals surface area contributed by atoms with E-state index < -0.39 is 19.0 Å². The summed E-state index contributed by atoms with van der Waals surface area (Å²) < 4.78 is 18.2. The van der Waals surface area contributed by atoms with E-state index in [0.717, 1.165) is 0 Å². The Balaban J connectivity index is 2.35. The topological polar surface area (TPSA) is 63.6 Å². The van der Waals surface area contributed by atoms with Gasteiger partial charge in [0.1, 0.15) is 0 Å². The van der Waals surface area contributed by atoms with E-state index in [1.165, 1.54) is 0 Å². The van der Waals surface area contributed by atoms with Crippen LogP contribution >= 0.6 is 7.37 Å². The molecule has 1 aromatic rings. The van der Waals surface area contributed by atoms with Gasteiger partial charge in [0.2, 0.25) is 0 Å². The van der Waals surface area contributed by atoms with Crippen LogP contribution in [-0.4, -0.2) is 23.3 Å². The highest BCUT2D eigenvalue weighted by Gasteiger charge is 2.40. The minimum absolute atomic E-state index is 0.198. The third-order valence-corrected chi connectivity index (χ3v) is 5.58. The number of benzene rings is 1. The molecule has 1 aliphatic carbocycles. The maximum absolute atomic E-state index is 12.9. The van der Waals surface area contributed by atoms with Gasteiger partial charge in [-0.25, -0.2) is 0 Å². The van der Waals surface area contributed by atoms with Gasteiger partial charge in [0.25, 0.3) is 12.9 Å². The zero-order valence-electron chi connectivity index (χ0n) is 10.8. The van der Waals surface area contributed by atoms with Crippen LogP contribution in [0.25, 0.3) is 0 Å². The Hall–Kier alpha value is -1.22. The Bertz CT molecular complexity index is 536. The average Bonchev–Trinajstić information content (AvgIpc) is 2.86. The second kappa shape index (κ2) is 5.83. The van der Waals surface area contributed by atoms with Crippen LogP contribution in [0.1, 0.15) is 30.1 Å². The highest BCUT2D eigenvalue weighted by Crippen LogP contribution is 2.60. The summed E-state index contributed by atoms with van der Waals surface area (Å²) in [6.45, 7) is 1.90. The van der Waals surface area contributed by atoms with Crippen molar-refractivity contribution in [2.45, 2.75) is 25.9 Å². The fourth-order valence-electron chi connectivity index (χ4n) is 2.12. The van der Waals surface area contributed by atoms with Crippen molar-refractivity contribution in [3.05, 3.63) is 47.3 Å². The zero-order valence-corrected chi connectivity index (χ0v) is 11.7. The highest BCUT2D eigenvalue weighted by molar-refractivity contribution is 7.80. The summed E-state index contributed by atoms with van der Waals surface area (Å²) >= 11 is 0. The molecule has 0 saturated heterocycles. The Morgan fingerprint density at radius 2 is 2.11 bits per heavy atom. The number of carbonyl (C=O) groups excluding carboxylic acids is 1. The van der Waals surface area contributed by atoms with Crippen molar-refractivity contribution in [3.8, 4) is 0 Å². The van der Waals surface area contributed by atoms with Crippen molar-refractivity contribution in [2.24, 2.45) is 0 Å². The molecule has 0 aliphatic heterocycles. The minimum Gasteiger partial charge on any atom is -0.392 e. The van der Waals surface area contributed by atoms with E-state index in [9.17, 15) is 14.5 Å². The van der Waals surface area contributed by atoms with Gasteiger partial charge in [0.05, 0.1) is 12.7 Å². The summed E-state index contributed by atoms with van der Waals surface area (Å²) in [6.07, 6.45) is 1.78. The first kappa shape index (κ1) is 14.2. The van der Waals surface area contributed by atoms with Crippen LogP contribution < -0.4 is 0 Å². The molecule has 1 aliphatic rings. The monoisotopic (exact) mass is 280 g/mol. The predicted molar refractivity (Wildman–Crippen MR) is 73.3 cm³/mol. The van der Waals surface area contributed by atoms with Crippen LogP contribution in [0.3, 0.4) is 0 Å². The molecule has 19 heavy (non-hydrogen) atoms. The van der Waals surface area contributed by atoms with E-state index in [1.807, 2.05) is 0 Å². The molecule has 0 saturated carbocycles. The van der Waals surface area contributed by atoms with Gasteiger partial charge >= 0.3 is 0 Å². The molecule has 2 atom stereocenters. The Kier molecular flexibility index (Phi) is 4.35. The van der Waals surface area contributed by atoms with E-state index in [4.69, 9.17) is 4.52 Å². The van der Waals surface area contributed by atoms with Gasteiger partial charge in [-0.15, -0.1) is 0 Å². The quantitative estimate of drug-likeness (QED) is 0.841. The molecular formula is C14H17O4P. The largest absolute Gasteiger partial charge is 0.392 e. The molecule has 2 rings (SSSR count). The fourth-order valence-corrected chi connectivity index (χ4v) is 4.32. The number of carbonyl (C=O) groups is 1. The van der Waals surface area contributed by atoms with Crippen molar-refractivity contribution >= 4 is 12.9 Å². The SMILES string of the molecule is CCOP(=O)(C(=O)c1ccccc1)C1=CCC(O)C1. The van der Waals surface area contributed by atoms with E-state index in [1.54, 1.807) is 43.3 Å². The lowest BCUT2D eigenvalue weighted by atomic mass is 10.2. The lowest BCUT2D eigenvalue weighted by molar-refractivity contribution is 0.105. The van der Waals surface area contributed by atoms with Crippen LogP contribution in [0.4, 0.5) is 0 Å². The summed E-state index contributed by atoms with van der Waals surface area (Å²) in [6, 6.07) is 8.49. The summed E-state index contributed by atoms with van der Waals surface area (Å²) in [5, 5.41) is 9.98. The lowest BCUT2D eigenvalue weighted by Gasteiger charge is -2.18. The van der Waals surface area contributed by atoms with Crippen LogP contribution in [0.2, 0.25) is 0 Å². The molecule has 1 N–H and O–H groups in total. The van der Waals surface area contributed by atoms with Crippen LogP contribution in [-0.2, 0) is 9.09 Å². The van der Waals surface area contributed by atoms with E-state index in [-0.39, 0.29) is 13.0 Å². The number of aliphatic hydroxyl groups excluding tert-OH is 1. The normalized spacial score (nSPS) is 21.8. The summed E-state index contributed by atoms with van der Waals surface area (Å²) in [5.41, 5.74) is -0.114. The molecule has 0 bridgehead atoms. The van der Waals surface area contributed by atoms with Crippen molar-refractivity contribution in [1.82, 2.24) is 0 Å². The molecule has 0 spiro atoms. The minimum atomic E-state index is -3.56. The molecule has 0 aromatic heterocycles. The number of rotatable bonds is 5. The fraction of sp³-hybridized carbons (Fsp3) is 0.357. The standard InChI is InChI=1S/C14H17O4P/c1-2-18-19(17,13-9-8-12(15)10-13)14(16)11-6-4-3-5-7-11/h3-7,9,12,15H,2,8,10H2,1H3. The second-order valence-electron chi connectivity index (χ2n) is 4.43. The van der Waals surface area contributed by atoms with E-state index in [2.05, 4.69) is 0 Å². The molecule has 0 heterocycles. The van der Waals surface area contributed by atoms with Gasteiger partial charge in [0, 0.05) is 17.3 Å². The Morgan fingerprint density at radius 1 is 1.42 bits per heavy atom. The van der Waals surface area contributed by atoms with Crippen LogP contribution in [0.15, 0.2) is 41.7 Å². The van der Waals surface area contributed by atoms with Crippen LogP contribution in [0, 0.1) is 0 Å². The molecule has 2 unspecified atom stereocenters. The summed E-state index contributed by atoms with van der Waals surface area (Å²) in [7, 11) is -3.56. The van der Waals surface area contributed by atoms with Gasteiger partial charge < -0.3 is 9.63 Å². The molecular weight excluding hydrogens is 263 g/mol. The predicted octanol–water partition coefficient (Wildman–Crippen LogP) is 3.18. The van der Waals surface area contributed by atoms with Gasteiger partial charge in [-0.3, -0.25) is 9.36 Å². The van der Waals surface area contributed by atoms with Gasteiger partial charge in [-0.1, -0.05) is 36.4 Å². The maximum atomic E-state index is 12.9. The van der Waals surface area contributed by atoms with Gasteiger partial charge in [-0.05, 0) is 13.3 Å². The van der Waals surface area contributed by atoms with Gasteiger partial charge in [0.15, 0.2) is 0 Å². The maximum Gasteiger partial charge on any atom is 0.296 e. The smallest absolute Gasteiger partial charge is 0.296 e. The Morgan fingerprint density at radius 3 is 2.63 bits per heavy atom. The first-order valence-electron chi connectivity index (χ1n) is 6.30. The number of aliphatic hydroxyl groups is 1. The van der Waals surface area contributed by atoms with E-state index in [0.29, 0.717) is 17.3 Å². The summed E-state index contributed by atoms with van der Waals surface area (Å²) in [5.74, 6) is 0. The zero-order chi connectivity index (χ0) is 13.9. The van der Waals surface area contributed by atoms with Crippen LogP contribution in [0.5, 0.6) is 0 Å². The van der Waals surface area contributed by atoms with E-state index >= 15 is 0 Å². The van der Waals surface area contributed by atoms with Crippen molar-refractivity contribution < 1.29 is 19.0 Å².